The summed E-state index contributed by atoms with van der Waals surface area (Å²) < 4.78 is 11.0. The zero-order chi connectivity index (χ0) is 20.1. The molecule has 2 amide bonds. The molecular weight excluding hydrogens is 396 g/mol. The molecule has 0 bridgehead atoms. The minimum absolute atomic E-state index is 0.00788. The molecule has 2 aliphatic rings. The number of benzene rings is 1. The van der Waals surface area contributed by atoms with Crippen LogP contribution in [0.2, 0.25) is 0 Å². The van der Waals surface area contributed by atoms with Gasteiger partial charge in [0.15, 0.2) is 11.5 Å². The molecule has 0 N–H and O–H groups in total. The van der Waals surface area contributed by atoms with E-state index < -0.39 is 0 Å². The largest absolute Gasteiger partial charge is 0.493 e. The van der Waals surface area contributed by atoms with Crippen LogP contribution in [0.5, 0.6) is 11.5 Å². The lowest BCUT2D eigenvalue weighted by atomic mass is 10.2. The van der Waals surface area contributed by atoms with Crippen LogP contribution in [-0.2, 0) is 9.59 Å². The zero-order valence-corrected chi connectivity index (χ0v) is 17.7. The molecule has 0 spiro atoms. The lowest BCUT2D eigenvalue weighted by molar-refractivity contribution is -0.135. The first-order chi connectivity index (χ1) is 13.5. The maximum atomic E-state index is 12.8. The third-order valence-electron chi connectivity index (χ3n) is 4.83. The lowest BCUT2D eigenvalue weighted by Gasteiger charge is -2.23. The predicted octanol–water partition coefficient (Wildman–Crippen LogP) is 3.31. The Labute approximate surface area is 174 Å². The molecule has 0 radical (unpaired) electrons. The van der Waals surface area contributed by atoms with Gasteiger partial charge in [-0.25, -0.2) is 0 Å². The van der Waals surface area contributed by atoms with E-state index in [2.05, 4.69) is 0 Å². The number of nitrogens with zero attached hydrogens (tertiary/aromatic N) is 2. The second-order valence-corrected chi connectivity index (χ2v) is 8.35. The van der Waals surface area contributed by atoms with Gasteiger partial charge in [-0.1, -0.05) is 42.9 Å². The van der Waals surface area contributed by atoms with Crippen LogP contribution >= 0.6 is 24.0 Å². The molecule has 8 heteroatoms. The Kier molecular flexibility index (Phi) is 6.96. The van der Waals surface area contributed by atoms with E-state index in [0.29, 0.717) is 20.7 Å². The fourth-order valence-corrected chi connectivity index (χ4v) is 4.54. The molecule has 150 valence electrons. The number of rotatable bonds is 5. The van der Waals surface area contributed by atoms with Gasteiger partial charge in [0, 0.05) is 13.1 Å². The van der Waals surface area contributed by atoms with E-state index in [4.69, 9.17) is 21.7 Å². The highest BCUT2D eigenvalue weighted by atomic mass is 32.2. The topological polar surface area (TPSA) is 59.1 Å². The fourth-order valence-electron chi connectivity index (χ4n) is 3.29. The monoisotopic (exact) mass is 420 g/mol. The van der Waals surface area contributed by atoms with Crippen molar-refractivity contribution in [1.82, 2.24) is 9.80 Å². The zero-order valence-electron chi connectivity index (χ0n) is 16.1. The number of thioether (sulfide) groups is 1. The molecule has 28 heavy (non-hydrogen) atoms. The van der Waals surface area contributed by atoms with E-state index >= 15 is 0 Å². The quantitative estimate of drug-likeness (QED) is 0.538. The number of amides is 2. The van der Waals surface area contributed by atoms with Crippen molar-refractivity contribution in [3.8, 4) is 11.5 Å². The molecule has 2 aliphatic heterocycles. The number of thiocarbonyl (C=S) groups is 1. The van der Waals surface area contributed by atoms with E-state index in [-0.39, 0.29) is 18.4 Å². The fraction of sp³-hybridized carbons (Fsp3) is 0.450. The first kappa shape index (κ1) is 20.7. The third kappa shape index (κ3) is 4.67. The highest BCUT2D eigenvalue weighted by Gasteiger charge is 2.34. The van der Waals surface area contributed by atoms with E-state index in [1.807, 2.05) is 11.0 Å². The number of likely N-dealkylation sites (tertiary alicyclic amines) is 1. The van der Waals surface area contributed by atoms with Gasteiger partial charge in [-0.2, -0.15) is 0 Å². The van der Waals surface area contributed by atoms with Crippen LogP contribution in [0.25, 0.3) is 6.08 Å². The lowest BCUT2D eigenvalue weighted by Crippen LogP contribution is -2.42. The van der Waals surface area contributed by atoms with Crippen molar-refractivity contribution in [2.45, 2.75) is 25.7 Å². The maximum absolute atomic E-state index is 12.8. The summed E-state index contributed by atoms with van der Waals surface area (Å²) in [6, 6.07) is 5.43. The summed E-state index contributed by atoms with van der Waals surface area (Å²) in [6.45, 7) is 1.53. The Bertz CT molecular complexity index is 801. The van der Waals surface area contributed by atoms with Crippen molar-refractivity contribution in [2.24, 2.45) is 0 Å². The SMILES string of the molecule is COc1ccc(C=C2SC(=S)N(CC(=O)N3CCCCCC3)C2=O)cc1OC. The standard InChI is InChI=1S/C20H24N2O4S2/c1-25-15-8-7-14(11-16(15)26-2)12-17-19(24)22(20(27)28-17)13-18(23)21-9-5-3-4-6-10-21/h7-8,11-12H,3-6,9-10,13H2,1-2H3. The van der Waals surface area contributed by atoms with Gasteiger partial charge in [0.05, 0.1) is 19.1 Å². The molecule has 6 nitrogen and oxygen atoms in total. The van der Waals surface area contributed by atoms with Gasteiger partial charge in [-0.15, -0.1) is 0 Å². The van der Waals surface area contributed by atoms with Crippen molar-refractivity contribution in [3.63, 3.8) is 0 Å². The van der Waals surface area contributed by atoms with Crippen molar-refractivity contribution in [3.05, 3.63) is 28.7 Å². The van der Waals surface area contributed by atoms with Crippen molar-refractivity contribution >= 4 is 46.2 Å². The number of methoxy groups -OCH3 is 2. The number of carbonyl (C=O) groups is 2. The van der Waals surface area contributed by atoms with Gasteiger partial charge < -0.3 is 14.4 Å². The van der Waals surface area contributed by atoms with Crippen LogP contribution in [-0.4, -0.2) is 59.8 Å². The van der Waals surface area contributed by atoms with E-state index in [1.165, 1.54) is 16.7 Å². The van der Waals surface area contributed by atoms with Crippen molar-refractivity contribution in [1.29, 1.82) is 0 Å². The van der Waals surface area contributed by atoms with E-state index in [0.717, 1.165) is 44.3 Å². The highest BCUT2D eigenvalue weighted by molar-refractivity contribution is 8.26. The van der Waals surface area contributed by atoms with Crippen molar-refractivity contribution in [2.75, 3.05) is 33.9 Å². The summed E-state index contributed by atoms with van der Waals surface area (Å²) in [4.78, 5) is 29.2. The van der Waals surface area contributed by atoms with Crippen LogP contribution in [0, 0.1) is 0 Å². The highest BCUT2D eigenvalue weighted by Crippen LogP contribution is 2.34. The molecule has 0 unspecified atom stereocenters. The molecule has 3 rings (SSSR count). The summed E-state index contributed by atoms with van der Waals surface area (Å²) in [5, 5.41) is 0. The van der Waals surface area contributed by atoms with Crippen LogP contribution in [0.3, 0.4) is 0 Å². The van der Waals surface area contributed by atoms with Gasteiger partial charge in [0.25, 0.3) is 5.91 Å². The molecule has 1 aromatic rings. The summed E-state index contributed by atoms with van der Waals surface area (Å²) in [5.74, 6) is 0.942. The molecule has 0 aromatic heterocycles. The number of hydrogen-bond acceptors (Lipinski definition) is 6. The average molecular weight is 421 g/mol. The summed E-state index contributed by atoms with van der Waals surface area (Å²) in [5.41, 5.74) is 0.803. The smallest absolute Gasteiger partial charge is 0.266 e. The Hall–Kier alpha value is -2.06. The van der Waals surface area contributed by atoms with Crippen LogP contribution < -0.4 is 9.47 Å². The molecule has 0 saturated carbocycles. The van der Waals surface area contributed by atoms with Gasteiger partial charge >= 0.3 is 0 Å². The van der Waals surface area contributed by atoms with E-state index in [1.54, 1.807) is 32.4 Å². The molecule has 1 aromatic carbocycles. The average Bonchev–Trinajstić information content (AvgIpc) is 2.91. The summed E-state index contributed by atoms with van der Waals surface area (Å²) in [7, 11) is 3.14. The second-order valence-electron chi connectivity index (χ2n) is 6.68. The Morgan fingerprint density at radius 2 is 1.82 bits per heavy atom. The molecule has 2 fully saturated rings. The van der Waals surface area contributed by atoms with Crippen LogP contribution in [0.1, 0.15) is 31.2 Å². The number of ether oxygens (including phenoxy) is 2. The Balaban J connectivity index is 1.72. The predicted molar refractivity (Wildman–Crippen MR) is 114 cm³/mol. The minimum Gasteiger partial charge on any atom is -0.493 e. The van der Waals surface area contributed by atoms with Gasteiger partial charge in [0.1, 0.15) is 10.9 Å². The first-order valence-electron chi connectivity index (χ1n) is 9.28. The van der Waals surface area contributed by atoms with E-state index in [9.17, 15) is 9.59 Å². The number of hydrogen-bond donors (Lipinski definition) is 0. The summed E-state index contributed by atoms with van der Waals surface area (Å²) in [6.07, 6.45) is 6.10. The molecule has 2 saturated heterocycles. The van der Waals surface area contributed by atoms with Crippen LogP contribution in [0.15, 0.2) is 23.1 Å². The van der Waals surface area contributed by atoms with Gasteiger partial charge in [-0.05, 0) is 36.6 Å². The normalized spacial score (nSPS) is 19.1. The molecule has 0 atom stereocenters. The summed E-state index contributed by atoms with van der Waals surface area (Å²) >= 11 is 6.58. The maximum Gasteiger partial charge on any atom is 0.266 e. The second kappa shape index (κ2) is 9.43. The molecule has 0 aliphatic carbocycles. The molecule has 2 heterocycles. The first-order valence-corrected chi connectivity index (χ1v) is 10.5. The van der Waals surface area contributed by atoms with Crippen LogP contribution in [0.4, 0.5) is 0 Å². The Morgan fingerprint density at radius 1 is 1.14 bits per heavy atom. The van der Waals surface area contributed by atoms with Gasteiger partial charge in [0.2, 0.25) is 5.91 Å². The third-order valence-corrected chi connectivity index (χ3v) is 6.21. The van der Waals surface area contributed by atoms with Gasteiger partial charge in [-0.3, -0.25) is 14.5 Å². The molecular formula is C20H24N2O4S2. The minimum atomic E-state index is -0.229. The number of carbonyl (C=O) groups excluding carboxylic acids is 2. The Morgan fingerprint density at radius 3 is 2.46 bits per heavy atom. The van der Waals surface area contributed by atoms with Crippen molar-refractivity contribution < 1.29 is 19.1 Å².